The fourth-order valence-electron chi connectivity index (χ4n) is 1.21. The lowest BCUT2D eigenvalue weighted by Gasteiger charge is -2.08. The van der Waals surface area contributed by atoms with E-state index in [-0.39, 0.29) is 11.8 Å². The molecule has 0 atom stereocenters. The Bertz CT molecular complexity index is 582. The summed E-state index contributed by atoms with van der Waals surface area (Å²) >= 11 is 9.24. The van der Waals surface area contributed by atoms with Crippen LogP contribution in [0.25, 0.3) is 0 Å². The first-order valence-electron chi connectivity index (χ1n) is 4.93. The van der Waals surface area contributed by atoms with Crippen molar-refractivity contribution >= 4 is 33.5 Å². The molecule has 0 saturated carbocycles. The van der Waals surface area contributed by atoms with E-state index in [2.05, 4.69) is 31.2 Å². The molecule has 94 valence electrons. The van der Waals surface area contributed by atoms with Crippen molar-refractivity contribution < 1.29 is 9.13 Å². The zero-order valence-electron chi connectivity index (χ0n) is 9.25. The van der Waals surface area contributed by atoms with E-state index < -0.39 is 5.82 Å². The molecule has 4 nitrogen and oxygen atoms in total. The molecular formula is C11H8BrClFN3O. The zero-order valence-corrected chi connectivity index (χ0v) is 11.6. The van der Waals surface area contributed by atoms with Gasteiger partial charge in [-0.15, -0.1) is 0 Å². The summed E-state index contributed by atoms with van der Waals surface area (Å²) in [5, 5.41) is 3.05. The van der Waals surface area contributed by atoms with Gasteiger partial charge in [0.2, 0.25) is 11.8 Å². The van der Waals surface area contributed by atoms with Crippen LogP contribution in [0.2, 0.25) is 5.02 Å². The Morgan fingerprint density at radius 2 is 2.22 bits per heavy atom. The summed E-state index contributed by atoms with van der Waals surface area (Å²) in [7, 11) is 1.63. The predicted molar refractivity (Wildman–Crippen MR) is 70.8 cm³/mol. The second-order valence-electron chi connectivity index (χ2n) is 3.27. The topological polar surface area (TPSA) is 47.0 Å². The van der Waals surface area contributed by atoms with Gasteiger partial charge in [0.05, 0.1) is 11.2 Å². The number of anilines is 1. The fourth-order valence-corrected chi connectivity index (χ4v) is 1.92. The Kier molecular flexibility index (Phi) is 3.98. The van der Waals surface area contributed by atoms with Gasteiger partial charge >= 0.3 is 0 Å². The molecule has 2 rings (SSSR count). The highest BCUT2D eigenvalue weighted by molar-refractivity contribution is 9.10. The van der Waals surface area contributed by atoms with E-state index in [0.717, 1.165) is 10.7 Å². The summed E-state index contributed by atoms with van der Waals surface area (Å²) in [5.41, 5.74) is 0. The SMILES string of the molecule is CNc1ncc(F)c(Oc2ccc(Br)cc2Cl)n1. The highest BCUT2D eigenvalue weighted by atomic mass is 79.9. The minimum Gasteiger partial charge on any atom is -0.435 e. The van der Waals surface area contributed by atoms with E-state index in [1.807, 2.05) is 0 Å². The summed E-state index contributed by atoms with van der Waals surface area (Å²) in [4.78, 5) is 7.58. The molecule has 0 aliphatic carbocycles. The van der Waals surface area contributed by atoms with E-state index >= 15 is 0 Å². The maximum atomic E-state index is 13.5. The Hall–Kier alpha value is -1.40. The Balaban J connectivity index is 2.33. The number of ether oxygens (including phenoxy) is 1. The largest absolute Gasteiger partial charge is 0.435 e. The molecule has 0 bridgehead atoms. The third-order valence-electron chi connectivity index (χ3n) is 2.04. The molecule has 0 fully saturated rings. The molecule has 0 aliphatic heterocycles. The van der Waals surface area contributed by atoms with E-state index in [1.54, 1.807) is 25.2 Å². The molecule has 0 aliphatic rings. The standard InChI is InChI=1S/C11H8BrClFN3O/c1-15-11-16-5-8(14)10(17-11)18-9-3-2-6(12)4-7(9)13/h2-5H,1H3,(H,15,16,17). The number of hydrogen-bond acceptors (Lipinski definition) is 4. The minimum absolute atomic E-state index is 0.182. The van der Waals surface area contributed by atoms with Crippen molar-refractivity contribution in [2.75, 3.05) is 12.4 Å². The van der Waals surface area contributed by atoms with Crippen molar-refractivity contribution in [3.8, 4) is 11.6 Å². The van der Waals surface area contributed by atoms with Crippen LogP contribution in [0.3, 0.4) is 0 Å². The van der Waals surface area contributed by atoms with Crippen molar-refractivity contribution in [3.63, 3.8) is 0 Å². The number of halogens is 3. The third kappa shape index (κ3) is 2.88. The number of hydrogen-bond donors (Lipinski definition) is 1. The lowest BCUT2D eigenvalue weighted by Crippen LogP contribution is -2.00. The van der Waals surface area contributed by atoms with Crippen LogP contribution >= 0.6 is 27.5 Å². The highest BCUT2D eigenvalue weighted by Crippen LogP contribution is 2.31. The quantitative estimate of drug-likeness (QED) is 0.927. The first-order chi connectivity index (χ1) is 8.60. The van der Waals surface area contributed by atoms with Crippen molar-refractivity contribution in [2.45, 2.75) is 0 Å². The lowest BCUT2D eigenvalue weighted by molar-refractivity contribution is 0.421. The third-order valence-corrected chi connectivity index (χ3v) is 2.82. The lowest BCUT2D eigenvalue weighted by atomic mass is 10.3. The van der Waals surface area contributed by atoms with Crippen LogP contribution in [0.5, 0.6) is 11.6 Å². The van der Waals surface area contributed by atoms with Crippen molar-refractivity contribution in [1.29, 1.82) is 0 Å². The second kappa shape index (κ2) is 5.49. The average Bonchev–Trinajstić information content (AvgIpc) is 2.35. The Labute approximate surface area is 116 Å². The van der Waals surface area contributed by atoms with E-state index in [0.29, 0.717) is 10.8 Å². The van der Waals surface area contributed by atoms with Crippen LogP contribution in [0.15, 0.2) is 28.9 Å². The maximum Gasteiger partial charge on any atom is 0.260 e. The van der Waals surface area contributed by atoms with Gasteiger partial charge in [0.25, 0.3) is 5.88 Å². The number of nitrogens with one attached hydrogen (secondary N) is 1. The average molecular weight is 333 g/mol. The smallest absolute Gasteiger partial charge is 0.260 e. The van der Waals surface area contributed by atoms with Crippen LogP contribution in [-0.4, -0.2) is 17.0 Å². The molecule has 1 N–H and O–H groups in total. The van der Waals surface area contributed by atoms with E-state index in [4.69, 9.17) is 16.3 Å². The highest BCUT2D eigenvalue weighted by Gasteiger charge is 2.11. The molecule has 0 unspecified atom stereocenters. The molecule has 0 saturated heterocycles. The molecule has 1 aromatic carbocycles. The fraction of sp³-hybridized carbons (Fsp3) is 0.0909. The first-order valence-corrected chi connectivity index (χ1v) is 6.10. The van der Waals surface area contributed by atoms with Crippen molar-refractivity contribution in [1.82, 2.24) is 9.97 Å². The van der Waals surface area contributed by atoms with Gasteiger partial charge in [-0.1, -0.05) is 27.5 Å². The molecule has 18 heavy (non-hydrogen) atoms. The molecule has 2 aromatic rings. The summed E-state index contributed by atoms with van der Waals surface area (Å²) in [6.45, 7) is 0. The van der Waals surface area contributed by atoms with Gasteiger partial charge in [-0.3, -0.25) is 0 Å². The molecule has 0 spiro atoms. The van der Waals surface area contributed by atoms with Gasteiger partial charge in [-0.25, -0.2) is 4.98 Å². The summed E-state index contributed by atoms with van der Waals surface area (Å²) in [5.74, 6) is -0.259. The number of nitrogens with zero attached hydrogens (tertiary/aromatic N) is 2. The first kappa shape index (κ1) is 13.0. The van der Waals surface area contributed by atoms with Crippen LogP contribution in [0, 0.1) is 5.82 Å². The number of aromatic nitrogens is 2. The van der Waals surface area contributed by atoms with Gasteiger partial charge in [0.15, 0.2) is 0 Å². The van der Waals surface area contributed by atoms with Gasteiger partial charge in [0, 0.05) is 11.5 Å². The second-order valence-corrected chi connectivity index (χ2v) is 4.60. The van der Waals surface area contributed by atoms with Crippen LogP contribution in [0.4, 0.5) is 10.3 Å². The van der Waals surface area contributed by atoms with Crippen molar-refractivity contribution in [3.05, 3.63) is 39.7 Å². The molecule has 1 aromatic heterocycles. The normalized spacial score (nSPS) is 10.2. The number of rotatable bonds is 3. The van der Waals surface area contributed by atoms with Gasteiger partial charge in [0.1, 0.15) is 5.75 Å². The molecule has 1 heterocycles. The summed E-state index contributed by atoms with van der Waals surface area (Å²) in [6, 6.07) is 5.00. The molecule has 0 radical (unpaired) electrons. The molecular weight excluding hydrogens is 324 g/mol. The molecule has 7 heteroatoms. The van der Waals surface area contributed by atoms with Crippen LogP contribution < -0.4 is 10.1 Å². The van der Waals surface area contributed by atoms with Gasteiger partial charge in [-0.2, -0.15) is 9.37 Å². The Morgan fingerprint density at radius 1 is 1.44 bits per heavy atom. The summed E-state index contributed by atoms with van der Waals surface area (Å²) in [6.07, 6.45) is 1.03. The van der Waals surface area contributed by atoms with Gasteiger partial charge in [-0.05, 0) is 18.2 Å². The predicted octanol–water partition coefficient (Wildman–Crippen LogP) is 3.87. The van der Waals surface area contributed by atoms with Crippen molar-refractivity contribution in [2.24, 2.45) is 0 Å². The molecule has 0 amide bonds. The van der Waals surface area contributed by atoms with E-state index in [1.165, 1.54) is 0 Å². The van der Waals surface area contributed by atoms with Crippen LogP contribution in [0.1, 0.15) is 0 Å². The van der Waals surface area contributed by atoms with Crippen LogP contribution in [-0.2, 0) is 0 Å². The minimum atomic E-state index is -0.659. The monoisotopic (exact) mass is 331 g/mol. The maximum absolute atomic E-state index is 13.5. The Morgan fingerprint density at radius 3 is 2.89 bits per heavy atom. The zero-order chi connectivity index (χ0) is 13.1. The number of benzene rings is 1. The summed E-state index contributed by atoms with van der Waals surface area (Å²) < 4.78 is 19.6. The van der Waals surface area contributed by atoms with E-state index in [9.17, 15) is 4.39 Å². The van der Waals surface area contributed by atoms with Gasteiger partial charge < -0.3 is 10.1 Å².